The summed E-state index contributed by atoms with van der Waals surface area (Å²) in [6.07, 6.45) is 4.28. The van der Waals surface area contributed by atoms with Crippen LogP contribution in [0.3, 0.4) is 0 Å². The summed E-state index contributed by atoms with van der Waals surface area (Å²) in [6.45, 7) is -0.290. The highest BCUT2D eigenvalue weighted by atomic mass is 16.2. The number of aromatic nitrogens is 4. The fourth-order valence-electron chi connectivity index (χ4n) is 1.29. The van der Waals surface area contributed by atoms with E-state index in [4.69, 9.17) is 5.11 Å². The van der Waals surface area contributed by atoms with Gasteiger partial charge in [0, 0.05) is 6.20 Å². The molecule has 0 aromatic carbocycles. The van der Waals surface area contributed by atoms with E-state index >= 15 is 0 Å². The molecule has 94 valence electrons. The van der Waals surface area contributed by atoms with Gasteiger partial charge in [0.2, 0.25) is 5.95 Å². The molecule has 0 saturated heterocycles. The first-order chi connectivity index (χ1) is 9.31. The molecule has 0 bridgehead atoms. The summed E-state index contributed by atoms with van der Waals surface area (Å²) in [5.41, 5.74) is 0.550. The lowest BCUT2D eigenvalue weighted by Gasteiger charge is -2.03. The lowest BCUT2D eigenvalue weighted by Crippen LogP contribution is -2.17. The number of amides is 1. The highest BCUT2D eigenvalue weighted by Crippen LogP contribution is 2.06. The average Bonchev–Trinajstić information content (AvgIpc) is 2.46. The van der Waals surface area contributed by atoms with Crippen LogP contribution in [0.4, 0.5) is 5.95 Å². The smallest absolute Gasteiger partial charge is 0.277 e. The zero-order valence-corrected chi connectivity index (χ0v) is 9.74. The summed E-state index contributed by atoms with van der Waals surface area (Å²) in [5, 5.41) is 18.4. The number of nitrogens with zero attached hydrogens (tertiary/aromatic N) is 4. The van der Waals surface area contributed by atoms with Crippen molar-refractivity contribution < 1.29 is 9.90 Å². The van der Waals surface area contributed by atoms with Crippen LogP contribution < -0.4 is 5.32 Å². The van der Waals surface area contributed by atoms with Crippen molar-refractivity contribution in [2.45, 2.75) is 0 Å². The molecule has 1 amide bonds. The minimum absolute atomic E-state index is 0.0826. The predicted octanol–water partition coefficient (Wildman–Crippen LogP) is -0.137. The third-order valence-electron chi connectivity index (χ3n) is 2.03. The third-order valence-corrected chi connectivity index (χ3v) is 2.03. The topological polar surface area (TPSA) is 101 Å². The van der Waals surface area contributed by atoms with Gasteiger partial charge in [0.25, 0.3) is 5.91 Å². The van der Waals surface area contributed by atoms with Gasteiger partial charge in [-0.2, -0.15) is 5.10 Å². The molecule has 0 aliphatic rings. The van der Waals surface area contributed by atoms with E-state index in [0.717, 1.165) is 0 Å². The largest absolute Gasteiger partial charge is 0.384 e. The fourth-order valence-corrected chi connectivity index (χ4v) is 1.29. The maximum atomic E-state index is 12.0. The maximum absolute atomic E-state index is 12.0. The van der Waals surface area contributed by atoms with Gasteiger partial charge >= 0.3 is 0 Å². The number of pyridine rings is 1. The van der Waals surface area contributed by atoms with Crippen molar-refractivity contribution in [3.05, 3.63) is 42.0 Å². The van der Waals surface area contributed by atoms with Crippen LogP contribution >= 0.6 is 0 Å². The number of carbonyl (C=O) groups excluding carboxylic acids is 1. The Balaban J connectivity index is 2.24. The molecule has 2 N–H and O–H groups in total. The molecule has 2 aromatic rings. The van der Waals surface area contributed by atoms with E-state index in [2.05, 4.69) is 37.3 Å². The van der Waals surface area contributed by atoms with Crippen LogP contribution in [0.2, 0.25) is 0 Å². The molecule has 0 aliphatic heterocycles. The molecule has 7 heteroatoms. The van der Waals surface area contributed by atoms with Crippen molar-refractivity contribution >= 4 is 11.9 Å². The number of carbonyl (C=O) groups is 1. The Morgan fingerprint density at radius 3 is 2.95 bits per heavy atom. The first-order valence-electron chi connectivity index (χ1n) is 5.31. The third kappa shape index (κ3) is 3.31. The second-order valence-electron chi connectivity index (χ2n) is 3.28. The molecule has 0 fully saturated rings. The number of nitrogens with one attached hydrogen (secondary N) is 1. The SMILES string of the molecule is O=C(Nc1nccnn1)c1ncccc1C#CCO. The molecule has 0 unspecified atom stereocenters. The van der Waals surface area contributed by atoms with Gasteiger partial charge in [-0.05, 0) is 12.1 Å². The quantitative estimate of drug-likeness (QED) is 0.724. The van der Waals surface area contributed by atoms with Gasteiger partial charge in [0.1, 0.15) is 12.3 Å². The number of hydrogen-bond donors (Lipinski definition) is 2. The molecule has 2 rings (SSSR count). The number of aliphatic hydroxyl groups is 1. The van der Waals surface area contributed by atoms with Crippen LogP contribution in [0.15, 0.2) is 30.7 Å². The predicted molar refractivity (Wildman–Crippen MR) is 66.0 cm³/mol. The van der Waals surface area contributed by atoms with Crippen molar-refractivity contribution in [2.75, 3.05) is 11.9 Å². The normalized spacial score (nSPS) is 9.32. The monoisotopic (exact) mass is 255 g/mol. The summed E-state index contributed by atoms with van der Waals surface area (Å²) in [7, 11) is 0. The van der Waals surface area contributed by atoms with Gasteiger partial charge in [-0.25, -0.2) is 9.97 Å². The van der Waals surface area contributed by atoms with Crippen molar-refractivity contribution in [3.63, 3.8) is 0 Å². The molecule has 0 aliphatic carbocycles. The second kappa shape index (κ2) is 6.18. The van der Waals surface area contributed by atoms with Crippen LogP contribution in [0.25, 0.3) is 0 Å². The van der Waals surface area contributed by atoms with Crippen molar-refractivity contribution in [2.24, 2.45) is 0 Å². The number of anilines is 1. The number of hydrogen-bond acceptors (Lipinski definition) is 6. The zero-order chi connectivity index (χ0) is 13.5. The lowest BCUT2D eigenvalue weighted by molar-refractivity contribution is 0.102. The summed E-state index contributed by atoms with van der Waals surface area (Å²) in [6, 6.07) is 3.29. The van der Waals surface area contributed by atoms with Gasteiger partial charge in [-0.1, -0.05) is 11.8 Å². The first-order valence-corrected chi connectivity index (χ1v) is 5.31. The Morgan fingerprint density at radius 1 is 1.32 bits per heavy atom. The Bertz CT molecular complexity index is 633. The van der Waals surface area contributed by atoms with Crippen molar-refractivity contribution in [1.82, 2.24) is 20.2 Å². The fraction of sp³-hybridized carbons (Fsp3) is 0.0833. The summed E-state index contributed by atoms with van der Waals surface area (Å²) in [4.78, 5) is 19.8. The molecule has 19 heavy (non-hydrogen) atoms. The van der Waals surface area contributed by atoms with Crippen LogP contribution in [-0.4, -0.2) is 37.8 Å². The van der Waals surface area contributed by atoms with E-state index in [1.54, 1.807) is 12.1 Å². The molecule has 2 heterocycles. The van der Waals surface area contributed by atoms with E-state index in [9.17, 15) is 4.79 Å². The van der Waals surface area contributed by atoms with Gasteiger partial charge in [0.15, 0.2) is 0 Å². The molecular weight excluding hydrogens is 246 g/mol. The molecule has 2 aromatic heterocycles. The summed E-state index contributed by atoms with van der Waals surface area (Å²) in [5.74, 6) is 4.71. The summed E-state index contributed by atoms with van der Waals surface area (Å²) >= 11 is 0. The van der Waals surface area contributed by atoms with Gasteiger partial charge in [0.05, 0.1) is 18.0 Å². The lowest BCUT2D eigenvalue weighted by atomic mass is 10.2. The van der Waals surface area contributed by atoms with E-state index in [1.165, 1.54) is 18.6 Å². The van der Waals surface area contributed by atoms with Crippen LogP contribution in [0.1, 0.15) is 16.1 Å². The molecule has 0 radical (unpaired) electrons. The van der Waals surface area contributed by atoms with E-state index in [-0.39, 0.29) is 18.2 Å². The Labute approximate surface area is 108 Å². The van der Waals surface area contributed by atoms with E-state index < -0.39 is 5.91 Å². The van der Waals surface area contributed by atoms with Crippen LogP contribution in [-0.2, 0) is 0 Å². The Kier molecular flexibility index (Phi) is 4.10. The second-order valence-corrected chi connectivity index (χ2v) is 3.28. The summed E-state index contributed by atoms with van der Waals surface area (Å²) < 4.78 is 0. The van der Waals surface area contributed by atoms with E-state index in [1.807, 2.05) is 0 Å². The highest BCUT2D eigenvalue weighted by Gasteiger charge is 2.12. The average molecular weight is 255 g/mol. The van der Waals surface area contributed by atoms with Crippen LogP contribution in [0.5, 0.6) is 0 Å². The molecule has 0 saturated carbocycles. The highest BCUT2D eigenvalue weighted by molar-refractivity contribution is 6.03. The van der Waals surface area contributed by atoms with E-state index in [0.29, 0.717) is 5.56 Å². The van der Waals surface area contributed by atoms with Crippen molar-refractivity contribution in [3.8, 4) is 11.8 Å². The first kappa shape index (κ1) is 12.6. The van der Waals surface area contributed by atoms with Crippen LogP contribution in [0, 0.1) is 11.8 Å². The zero-order valence-electron chi connectivity index (χ0n) is 9.74. The number of aliphatic hydroxyl groups excluding tert-OH is 1. The van der Waals surface area contributed by atoms with Crippen molar-refractivity contribution in [1.29, 1.82) is 0 Å². The number of rotatable bonds is 2. The molecule has 0 spiro atoms. The standard InChI is InChI=1S/C12H9N5O2/c18-8-2-4-9-3-1-5-13-10(9)11(19)16-12-14-6-7-15-17-12/h1,3,5-7,18H,8H2,(H,14,16,17,19). The Morgan fingerprint density at radius 2 is 2.21 bits per heavy atom. The minimum atomic E-state index is -0.490. The van der Waals surface area contributed by atoms with Gasteiger partial charge in [-0.3, -0.25) is 10.1 Å². The van der Waals surface area contributed by atoms with Gasteiger partial charge in [-0.15, -0.1) is 5.10 Å². The molecular formula is C12H9N5O2. The molecule has 0 atom stereocenters. The molecule has 7 nitrogen and oxygen atoms in total. The van der Waals surface area contributed by atoms with Gasteiger partial charge < -0.3 is 5.11 Å². The minimum Gasteiger partial charge on any atom is -0.384 e. The Hall–Kier alpha value is -2.85. The maximum Gasteiger partial charge on any atom is 0.277 e.